The Balaban J connectivity index is 1.91. The highest BCUT2D eigenvalue weighted by atomic mass is 16.2. The number of rotatable bonds is 6. The highest BCUT2D eigenvalue weighted by Gasteiger charge is 2.44. The molecule has 4 heteroatoms. The van der Waals surface area contributed by atoms with Crippen molar-refractivity contribution in [1.29, 1.82) is 0 Å². The second-order valence-corrected chi connectivity index (χ2v) is 7.66. The van der Waals surface area contributed by atoms with Crippen LogP contribution >= 0.6 is 0 Å². The van der Waals surface area contributed by atoms with Crippen molar-refractivity contribution in [1.82, 2.24) is 4.90 Å². The Bertz CT molecular complexity index is 846. The molecular weight excluding hydrogens is 336 g/mol. The maximum absolute atomic E-state index is 12.4. The molecule has 1 aliphatic heterocycles. The molecule has 2 N–H and O–H groups in total. The van der Waals surface area contributed by atoms with E-state index in [2.05, 4.69) is 37.3 Å². The van der Waals surface area contributed by atoms with Gasteiger partial charge in [-0.3, -0.25) is 9.59 Å². The number of carbonyl (C=O) groups excluding carboxylic acids is 2. The van der Waals surface area contributed by atoms with Crippen molar-refractivity contribution >= 4 is 11.8 Å². The predicted octanol–water partition coefficient (Wildman–Crippen LogP) is 3.71. The molecule has 142 valence electrons. The monoisotopic (exact) mass is 364 g/mol. The Labute approximate surface area is 161 Å². The highest BCUT2D eigenvalue weighted by Crippen LogP contribution is 2.37. The summed E-state index contributed by atoms with van der Waals surface area (Å²) in [7, 11) is 0. The predicted molar refractivity (Wildman–Crippen MR) is 108 cm³/mol. The van der Waals surface area contributed by atoms with Gasteiger partial charge in [-0.15, -0.1) is 0 Å². The minimum Gasteiger partial charge on any atom is -0.369 e. The first-order valence-electron chi connectivity index (χ1n) is 9.68. The van der Waals surface area contributed by atoms with Gasteiger partial charge >= 0.3 is 0 Å². The summed E-state index contributed by atoms with van der Waals surface area (Å²) >= 11 is 0. The summed E-state index contributed by atoms with van der Waals surface area (Å²) in [6.07, 6.45) is 2.52. The van der Waals surface area contributed by atoms with Crippen LogP contribution in [-0.2, 0) is 16.0 Å². The van der Waals surface area contributed by atoms with Crippen LogP contribution in [0.4, 0.5) is 0 Å². The molecule has 2 amide bonds. The van der Waals surface area contributed by atoms with Crippen molar-refractivity contribution in [2.45, 2.75) is 39.5 Å². The summed E-state index contributed by atoms with van der Waals surface area (Å²) < 4.78 is 0. The number of primary amides is 1. The molecule has 1 saturated heterocycles. The van der Waals surface area contributed by atoms with Crippen molar-refractivity contribution in [3.8, 4) is 11.1 Å². The zero-order valence-electron chi connectivity index (χ0n) is 16.2. The Morgan fingerprint density at radius 1 is 1.15 bits per heavy atom. The minimum absolute atomic E-state index is 0.118. The van der Waals surface area contributed by atoms with Crippen LogP contribution in [0.1, 0.15) is 37.3 Å². The molecule has 1 atom stereocenters. The largest absolute Gasteiger partial charge is 0.369 e. The molecule has 0 aliphatic carbocycles. The lowest BCUT2D eigenvalue weighted by atomic mass is 9.78. The minimum atomic E-state index is -0.691. The lowest BCUT2D eigenvalue weighted by molar-refractivity contribution is -0.132. The van der Waals surface area contributed by atoms with Gasteiger partial charge in [0.2, 0.25) is 11.8 Å². The van der Waals surface area contributed by atoms with Crippen LogP contribution in [0.25, 0.3) is 11.1 Å². The van der Waals surface area contributed by atoms with Crippen molar-refractivity contribution in [3.05, 3.63) is 59.7 Å². The molecule has 3 rings (SSSR count). The number of aryl methyl sites for hydroxylation is 1. The molecular formula is C23H28N2O2. The number of carbonyl (C=O) groups is 2. The van der Waals surface area contributed by atoms with Gasteiger partial charge in [0, 0.05) is 19.5 Å². The molecule has 2 aromatic rings. The van der Waals surface area contributed by atoms with E-state index in [4.69, 9.17) is 5.73 Å². The zero-order chi connectivity index (χ0) is 19.4. The van der Waals surface area contributed by atoms with Gasteiger partial charge in [-0.2, -0.15) is 0 Å². The summed E-state index contributed by atoms with van der Waals surface area (Å²) in [5.41, 5.74) is 9.73. The van der Waals surface area contributed by atoms with E-state index in [9.17, 15) is 9.59 Å². The van der Waals surface area contributed by atoms with Crippen LogP contribution in [-0.4, -0.2) is 29.8 Å². The number of nitrogens with zero attached hydrogens (tertiary/aromatic N) is 1. The van der Waals surface area contributed by atoms with E-state index < -0.39 is 5.41 Å². The molecule has 1 heterocycles. The smallest absolute Gasteiger partial charge is 0.225 e. The fourth-order valence-corrected chi connectivity index (χ4v) is 4.02. The summed E-state index contributed by atoms with van der Waals surface area (Å²) in [5.74, 6) is -0.194. The molecule has 27 heavy (non-hydrogen) atoms. The molecule has 0 bridgehead atoms. The van der Waals surface area contributed by atoms with Gasteiger partial charge in [-0.05, 0) is 42.9 Å². The molecule has 4 nitrogen and oxygen atoms in total. The fourth-order valence-electron chi connectivity index (χ4n) is 4.02. The second-order valence-electron chi connectivity index (χ2n) is 7.66. The number of nitrogens with two attached hydrogens (primary N) is 1. The van der Waals surface area contributed by atoms with Crippen molar-refractivity contribution < 1.29 is 9.59 Å². The first kappa shape index (κ1) is 19.2. The van der Waals surface area contributed by atoms with Gasteiger partial charge in [0.25, 0.3) is 0 Å². The van der Waals surface area contributed by atoms with E-state index >= 15 is 0 Å². The van der Waals surface area contributed by atoms with Crippen LogP contribution in [0.5, 0.6) is 0 Å². The maximum Gasteiger partial charge on any atom is 0.225 e. The van der Waals surface area contributed by atoms with E-state index in [1.54, 1.807) is 0 Å². The first-order chi connectivity index (χ1) is 12.9. The van der Waals surface area contributed by atoms with E-state index in [-0.39, 0.29) is 11.8 Å². The highest BCUT2D eigenvalue weighted by molar-refractivity contribution is 5.85. The second kappa shape index (κ2) is 7.95. The third-order valence-electron chi connectivity index (χ3n) is 5.57. The Morgan fingerprint density at radius 3 is 2.63 bits per heavy atom. The van der Waals surface area contributed by atoms with Gasteiger partial charge in [0.1, 0.15) is 0 Å². The molecule has 0 aromatic heterocycles. The van der Waals surface area contributed by atoms with E-state index in [1.165, 1.54) is 5.56 Å². The third-order valence-corrected chi connectivity index (χ3v) is 5.57. The Morgan fingerprint density at radius 2 is 1.93 bits per heavy atom. The van der Waals surface area contributed by atoms with Gasteiger partial charge in [0.05, 0.1) is 5.41 Å². The van der Waals surface area contributed by atoms with Crippen LogP contribution < -0.4 is 5.73 Å². The van der Waals surface area contributed by atoms with Crippen LogP contribution in [0.3, 0.4) is 0 Å². The molecule has 0 unspecified atom stereocenters. The van der Waals surface area contributed by atoms with Gasteiger partial charge in [-0.1, -0.05) is 61.0 Å². The molecule has 0 saturated carbocycles. The van der Waals surface area contributed by atoms with Crippen molar-refractivity contribution in [3.63, 3.8) is 0 Å². The average Bonchev–Trinajstić information content (AvgIpc) is 3.08. The van der Waals surface area contributed by atoms with Gasteiger partial charge in [0.15, 0.2) is 0 Å². The first-order valence-corrected chi connectivity index (χ1v) is 9.68. The Hall–Kier alpha value is -2.62. The van der Waals surface area contributed by atoms with Gasteiger partial charge in [-0.25, -0.2) is 0 Å². The third kappa shape index (κ3) is 4.05. The van der Waals surface area contributed by atoms with Crippen molar-refractivity contribution in [2.75, 3.05) is 13.1 Å². The SMILES string of the molecule is CCCC(=O)N1CC[C@@](Cc2ccccc2-c2cccc(C)c2)(C(N)=O)C1. The topological polar surface area (TPSA) is 63.4 Å². The number of likely N-dealkylation sites (tertiary alicyclic amines) is 1. The summed E-state index contributed by atoms with van der Waals surface area (Å²) in [5, 5.41) is 0. The van der Waals surface area contributed by atoms with Crippen molar-refractivity contribution in [2.24, 2.45) is 11.1 Å². The summed E-state index contributed by atoms with van der Waals surface area (Å²) in [6.45, 7) is 5.09. The number of hydrogen-bond donors (Lipinski definition) is 1. The number of benzene rings is 2. The molecule has 1 aliphatic rings. The summed E-state index contributed by atoms with van der Waals surface area (Å²) in [6, 6.07) is 16.5. The van der Waals surface area contributed by atoms with E-state index in [0.29, 0.717) is 32.4 Å². The zero-order valence-corrected chi connectivity index (χ0v) is 16.2. The molecule has 0 spiro atoms. The van der Waals surface area contributed by atoms with E-state index in [1.807, 2.05) is 30.0 Å². The summed E-state index contributed by atoms with van der Waals surface area (Å²) in [4.78, 5) is 26.6. The molecule has 0 radical (unpaired) electrons. The molecule has 2 aromatic carbocycles. The standard InChI is InChI=1S/C23H28N2O2/c1-3-7-21(26)25-13-12-23(16-25,22(24)27)15-19-9-4-5-11-20(19)18-10-6-8-17(2)14-18/h4-6,8-11,14H,3,7,12-13,15-16H2,1-2H3,(H2,24,27)/t23-/m0/s1. The van der Waals surface area contributed by atoms with Crippen LogP contribution in [0, 0.1) is 12.3 Å². The maximum atomic E-state index is 12.4. The average molecular weight is 364 g/mol. The number of hydrogen-bond acceptors (Lipinski definition) is 2. The lowest BCUT2D eigenvalue weighted by Crippen LogP contribution is -2.42. The van der Waals surface area contributed by atoms with Gasteiger partial charge < -0.3 is 10.6 Å². The fraction of sp³-hybridized carbons (Fsp3) is 0.391. The van der Waals surface area contributed by atoms with Crippen LogP contribution in [0.2, 0.25) is 0 Å². The normalized spacial score (nSPS) is 19.3. The Kier molecular flexibility index (Phi) is 5.64. The number of amides is 2. The van der Waals surface area contributed by atoms with E-state index in [0.717, 1.165) is 23.1 Å². The lowest BCUT2D eigenvalue weighted by Gasteiger charge is -2.27. The quantitative estimate of drug-likeness (QED) is 0.849. The van der Waals surface area contributed by atoms with Crippen LogP contribution in [0.15, 0.2) is 48.5 Å². The molecule has 1 fully saturated rings.